The maximum Gasteiger partial charge on any atom is 0.232 e. The van der Waals surface area contributed by atoms with Gasteiger partial charge in [-0.2, -0.15) is 15.0 Å². The van der Waals surface area contributed by atoms with E-state index in [1.54, 1.807) is 0 Å². The van der Waals surface area contributed by atoms with Crippen molar-refractivity contribution >= 4 is 35.0 Å². The largest absolute Gasteiger partial charge is 0.368 e. The molecule has 0 saturated heterocycles. The molecule has 3 N–H and O–H groups in total. The van der Waals surface area contributed by atoms with Crippen LogP contribution >= 0.6 is 11.8 Å². The summed E-state index contributed by atoms with van der Waals surface area (Å²) in [5.41, 5.74) is 7.55. The summed E-state index contributed by atoms with van der Waals surface area (Å²) in [5.74, 6) is 1.16. The first kappa shape index (κ1) is 16.3. The highest BCUT2D eigenvalue weighted by Crippen LogP contribution is 2.32. The number of anilines is 3. The predicted molar refractivity (Wildman–Crippen MR) is 101 cm³/mol. The van der Waals surface area contributed by atoms with Crippen LogP contribution in [0.4, 0.5) is 17.6 Å². The van der Waals surface area contributed by atoms with Crippen LogP contribution in [-0.2, 0) is 0 Å². The molecule has 1 atom stereocenters. The van der Waals surface area contributed by atoms with Gasteiger partial charge >= 0.3 is 0 Å². The third kappa shape index (κ3) is 3.42. The van der Waals surface area contributed by atoms with E-state index in [0.29, 0.717) is 11.8 Å². The van der Waals surface area contributed by atoms with E-state index in [4.69, 9.17) is 5.73 Å². The van der Waals surface area contributed by atoms with Crippen LogP contribution < -0.4 is 11.1 Å². The molecule has 0 radical (unpaired) electrons. The Kier molecular flexibility index (Phi) is 4.36. The van der Waals surface area contributed by atoms with Crippen molar-refractivity contribution in [2.45, 2.75) is 17.3 Å². The Hall–Kier alpha value is -3.20. The van der Waals surface area contributed by atoms with E-state index in [-0.39, 0.29) is 11.2 Å². The summed E-state index contributed by atoms with van der Waals surface area (Å²) in [6.07, 6.45) is 1.93. The summed E-state index contributed by atoms with van der Waals surface area (Å²) in [5, 5.41) is 12.2. The molecule has 0 aliphatic rings. The summed E-state index contributed by atoms with van der Waals surface area (Å²) >= 11 is 1.51. The fourth-order valence-electron chi connectivity index (χ4n) is 2.41. The number of nitrogen functional groups attached to an aromatic ring is 1. The number of hydrogen-bond acceptors (Lipinski definition) is 8. The average Bonchev–Trinajstić information content (AvgIpc) is 3.05. The van der Waals surface area contributed by atoms with Crippen molar-refractivity contribution in [3.8, 4) is 0 Å². The van der Waals surface area contributed by atoms with E-state index in [1.165, 1.54) is 11.8 Å². The van der Waals surface area contributed by atoms with Gasteiger partial charge in [-0.15, -0.1) is 10.2 Å². The molecule has 0 saturated carbocycles. The van der Waals surface area contributed by atoms with Gasteiger partial charge in [0.2, 0.25) is 11.9 Å². The number of pyridine rings is 1. The second-order valence-electron chi connectivity index (χ2n) is 5.54. The van der Waals surface area contributed by atoms with E-state index < -0.39 is 0 Å². The van der Waals surface area contributed by atoms with Crippen LogP contribution in [0.5, 0.6) is 0 Å². The highest BCUT2D eigenvalue weighted by molar-refractivity contribution is 7.99. The molecule has 9 heteroatoms. The number of nitrogens with two attached hydrogens (primary N) is 1. The first-order chi connectivity index (χ1) is 12.7. The zero-order valence-electron chi connectivity index (χ0n) is 13.9. The van der Waals surface area contributed by atoms with E-state index in [2.05, 4.69) is 30.5 Å². The number of nitrogens with one attached hydrogen (secondary N) is 1. The second kappa shape index (κ2) is 6.96. The van der Waals surface area contributed by atoms with Gasteiger partial charge < -0.3 is 11.1 Å². The minimum absolute atomic E-state index is 0.0794. The van der Waals surface area contributed by atoms with E-state index in [9.17, 15) is 0 Å². The Bertz CT molecular complexity index is 1030. The molecule has 0 aliphatic carbocycles. The van der Waals surface area contributed by atoms with Crippen molar-refractivity contribution in [2.24, 2.45) is 0 Å². The number of aromatic nitrogens is 6. The fraction of sp³-hybridized carbons (Fsp3) is 0.118. The standard InChI is InChI=1S/C17H16N8S/c1-11(26-17-24-23-13-9-5-6-10-25(13)17)14-20-15(18)22-16(21-14)19-12-7-3-2-4-8-12/h2-11H,1H3,(H3,18,19,20,21,22)/t11-/m1/s1. The van der Waals surface area contributed by atoms with Crippen LogP contribution in [0.2, 0.25) is 0 Å². The van der Waals surface area contributed by atoms with Gasteiger partial charge in [0.1, 0.15) is 5.82 Å². The molecule has 0 aliphatic heterocycles. The predicted octanol–water partition coefficient (Wildman–Crippen LogP) is 3.09. The van der Waals surface area contributed by atoms with Crippen LogP contribution in [-0.4, -0.2) is 29.5 Å². The Balaban J connectivity index is 1.58. The van der Waals surface area contributed by atoms with Gasteiger partial charge in [-0.25, -0.2) is 0 Å². The van der Waals surface area contributed by atoms with Gasteiger partial charge in [-0.3, -0.25) is 4.40 Å². The van der Waals surface area contributed by atoms with Crippen molar-refractivity contribution in [1.82, 2.24) is 29.5 Å². The fourth-order valence-corrected chi connectivity index (χ4v) is 3.29. The van der Waals surface area contributed by atoms with Crippen molar-refractivity contribution in [3.63, 3.8) is 0 Å². The molecular weight excluding hydrogens is 348 g/mol. The summed E-state index contributed by atoms with van der Waals surface area (Å²) in [6, 6.07) is 15.4. The SMILES string of the molecule is C[C@@H](Sc1nnc2ccccn12)c1nc(N)nc(Nc2ccccc2)n1. The molecule has 3 heterocycles. The molecule has 4 aromatic rings. The lowest BCUT2D eigenvalue weighted by Crippen LogP contribution is -2.08. The van der Waals surface area contributed by atoms with Gasteiger partial charge in [0.25, 0.3) is 0 Å². The molecule has 0 bridgehead atoms. The highest BCUT2D eigenvalue weighted by Gasteiger charge is 2.17. The Labute approximate surface area is 153 Å². The number of thioether (sulfide) groups is 1. The second-order valence-corrected chi connectivity index (χ2v) is 6.85. The lowest BCUT2D eigenvalue weighted by molar-refractivity contribution is 0.871. The molecule has 0 fully saturated rings. The van der Waals surface area contributed by atoms with Crippen LogP contribution in [0.25, 0.3) is 5.65 Å². The number of fused-ring (bicyclic) bond motifs is 1. The number of hydrogen-bond donors (Lipinski definition) is 2. The lowest BCUT2D eigenvalue weighted by atomic mass is 10.3. The quantitative estimate of drug-likeness (QED) is 0.520. The molecule has 26 heavy (non-hydrogen) atoms. The Morgan fingerprint density at radius 1 is 1.00 bits per heavy atom. The number of nitrogens with zero attached hydrogens (tertiary/aromatic N) is 6. The Morgan fingerprint density at radius 3 is 2.65 bits per heavy atom. The summed E-state index contributed by atoms with van der Waals surface area (Å²) in [7, 11) is 0. The van der Waals surface area contributed by atoms with Crippen LogP contribution in [0.15, 0.2) is 59.9 Å². The normalized spacial score (nSPS) is 12.2. The third-order valence-corrected chi connectivity index (χ3v) is 4.68. The van der Waals surface area contributed by atoms with Gasteiger partial charge in [-0.1, -0.05) is 36.0 Å². The number of rotatable bonds is 5. The zero-order valence-corrected chi connectivity index (χ0v) is 14.8. The smallest absolute Gasteiger partial charge is 0.232 e. The maximum atomic E-state index is 5.87. The maximum absolute atomic E-state index is 5.87. The van der Waals surface area contributed by atoms with E-state index in [1.807, 2.05) is 66.1 Å². The monoisotopic (exact) mass is 364 g/mol. The topological polar surface area (TPSA) is 107 Å². The lowest BCUT2D eigenvalue weighted by Gasteiger charge is -2.11. The number of benzene rings is 1. The van der Waals surface area contributed by atoms with Gasteiger partial charge in [0.05, 0.1) is 5.25 Å². The van der Waals surface area contributed by atoms with Crippen molar-refractivity contribution in [2.75, 3.05) is 11.1 Å². The van der Waals surface area contributed by atoms with Gasteiger partial charge in [-0.05, 0) is 31.2 Å². The Morgan fingerprint density at radius 2 is 1.81 bits per heavy atom. The van der Waals surface area contributed by atoms with E-state index in [0.717, 1.165) is 16.5 Å². The van der Waals surface area contributed by atoms with Crippen molar-refractivity contribution < 1.29 is 0 Å². The number of para-hydroxylation sites is 1. The molecule has 0 amide bonds. The molecule has 0 spiro atoms. The van der Waals surface area contributed by atoms with Gasteiger partial charge in [0.15, 0.2) is 10.8 Å². The van der Waals surface area contributed by atoms with Crippen LogP contribution in [0, 0.1) is 0 Å². The van der Waals surface area contributed by atoms with Crippen LogP contribution in [0.3, 0.4) is 0 Å². The molecular formula is C17H16N8S. The molecule has 8 nitrogen and oxygen atoms in total. The van der Waals surface area contributed by atoms with Crippen molar-refractivity contribution in [1.29, 1.82) is 0 Å². The summed E-state index contributed by atoms with van der Waals surface area (Å²) in [4.78, 5) is 12.9. The van der Waals surface area contributed by atoms with Crippen molar-refractivity contribution in [3.05, 3.63) is 60.6 Å². The van der Waals surface area contributed by atoms with Gasteiger partial charge in [0, 0.05) is 11.9 Å². The molecule has 1 aromatic carbocycles. The summed E-state index contributed by atoms with van der Waals surface area (Å²) in [6.45, 7) is 2.00. The summed E-state index contributed by atoms with van der Waals surface area (Å²) < 4.78 is 1.93. The average molecular weight is 364 g/mol. The highest BCUT2D eigenvalue weighted by atomic mass is 32.2. The minimum Gasteiger partial charge on any atom is -0.368 e. The zero-order chi connectivity index (χ0) is 17.9. The minimum atomic E-state index is -0.0794. The molecule has 4 rings (SSSR count). The van der Waals surface area contributed by atoms with Crippen LogP contribution in [0.1, 0.15) is 18.0 Å². The molecule has 0 unspecified atom stereocenters. The molecule has 3 aromatic heterocycles. The first-order valence-corrected chi connectivity index (χ1v) is 8.87. The third-order valence-electron chi connectivity index (χ3n) is 3.63. The first-order valence-electron chi connectivity index (χ1n) is 7.99. The van der Waals surface area contributed by atoms with E-state index >= 15 is 0 Å². The molecule has 130 valence electrons.